The first-order valence-electron chi connectivity index (χ1n) is 7.53. The SMILES string of the molecule is C/C(=N\NC(=O)CCC(=O)N/N=C(\C)c1ccc(Br)s1)c1ccc(Br)s1. The molecule has 2 N–H and O–H groups in total. The number of carbonyl (C=O) groups is 2. The zero-order chi connectivity index (χ0) is 19.1. The van der Waals surface area contributed by atoms with Crippen LogP contribution in [0.1, 0.15) is 36.4 Å². The third kappa shape index (κ3) is 6.75. The second kappa shape index (κ2) is 10.1. The first-order valence-corrected chi connectivity index (χ1v) is 10.7. The maximum atomic E-state index is 11.8. The van der Waals surface area contributed by atoms with Crippen molar-refractivity contribution in [2.75, 3.05) is 0 Å². The number of hydrazone groups is 2. The lowest BCUT2D eigenvalue weighted by molar-refractivity contribution is -0.126. The molecule has 0 unspecified atom stereocenters. The first-order chi connectivity index (χ1) is 12.3. The van der Waals surface area contributed by atoms with E-state index in [2.05, 4.69) is 52.9 Å². The topological polar surface area (TPSA) is 82.9 Å². The highest BCUT2D eigenvalue weighted by molar-refractivity contribution is 9.11. The molecule has 0 aliphatic carbocycles. The van der Waals surface area contributed by atoms with Gasteiger partial charge in [0, 0.05) is 12.8 Å². The van der Waals surface area contributed by atoms with Crippen molar-refractivity contribution in [1.82, 2.24) is 10.9 Å². The lowest BCUT2D eigenvalue weighted by Crippen LogP contribution is -2.24. The summed E-state index contributed by atoms with van der Waals surface area (Å²) < 4.78 is 1.99. The van der Waals surface area contributed by atoms with E-state index in [0.29, 0.717) is 11.4 Å². The van der Waals surface area contributed by atoms with E-state index in [-0.39, 0.29) is 24.7 Å². The van der Waals surface area contributed by atoms with E-state index in [0.717, 1.165) is 17.3 Å². The van der Waals surface area contributed by atoms with Crippen molar-refractivity contribution in [1.29, 1.82) is 0 Å². The predicted octanol–water partition coefficient (Wildman–Crippen LogP) is 4.50. The number of hydrogen-bond acceptors (Lipinski definition) is 6. The average Bonchev–Trinajstić information content (AvgIpc) is 3.24. The second-order valence-corrected chi connectivity index (χ2v) is 10.1. The zero-order valence-electron chi connectivity index (χ0n) is 14.0. The molecule has 6 nitrogen and oxygen atoms in total. The minimum absolute atomic E-state index is 0.0376. The highest BCUT2D eigenvalue weighted by Crippen LogP contribution is 2.23. The smallest absolute Gasteiger partial charge is 0.240 e. The maximum Gasteiger partial charge on any atom is 0.240 e. The normalized spacial score (nSPS) is 12.2. The summed E-state index contributed by atoms with van der Waals surface area (Å²) in [5.41, 5.74) is 6.34. The van der Waals surface area contributed by atoms with Crippen LogP contribution in [0.5, 0.6) is 0 Å². The molecule has 10 heteroatoms. The Morgan fingerprint density at radius 2 is 1.23 bits per heavy atom. The molecule has 0 atom stereocenters. The van der Waals surface area contributed by atoms with Gasteiger partial charge in [0.25, 0.3) is 0 Å². The molecular weight excluding hydrogens is 504 g/mol. The van der Waals surface area contributed by atoms with Crippen LogP contribution in [0.15, 0.2) is 42.0 Å². The fourth-order valence-electron chi connectivity index (χ4n) is 1.76. The van der Waals surface area contributed by atoms with Crippen LogP contribution in [0.4, 0.5) is 0 Å². The summed E-state index contributed by atoms with van der Waals surface area (Å²) >= 11 is 9.82. The van der Waals surface area contributed by atoms with Crippen LogP contribution in [0.25, 0.3) is 0 Å². The van der Waals surface area contributed by atoms with E-state index in [9.17, 15) is 9.59 Å². The average molecular weight is 520 g/mol. The third-order valence-electron chi connectivity index (χ3n) is 3.14. The van der Waals surface area contributed by atoms with Gasteiger partial charge >= 0.3 is 0 Å². The Kier molecular flexibility index (Phi) is 8.14. The molecule has 0 saturated heterocycles. The van der Waals surface area contributed by atoms with Gasteiger partial charge in [-0.3, -0.25) is 9.59 Å². The van der Waals surface area contributed by atoms with Crippen molar-refractivity contribution in [3.05, 3.63) is 41.6 Å². The largest absolute Gasteiger partial charge is 0.273 e. The summed E-state index contributed by atoms with van der Waals surface area (Å²) in [5, 5.41) is 8.09. The molecule has 0 fully saturated rings. The van der Waals surface area contributed by atoms with Gasteiger partial charge in [-0.05, 0) is 70.0 Å². The molecule has 2 amide bonds. The number of carbonyl (C=O) groups excluding carboxylic acids is 2. The molecule has 0 aliphatic heterocycles. The third-order valence-corrected chi connectivity index (χ3v) is 6.60. The van der Waals surface area contributed by atoms with Gasteiger partial charge in [-0.15, -0.1) is 22.7 Å². The highest BCUT2D eigenvalue weighted by Gasteiger charge is 2.08. The quantitative estimate of drug-likeness (QED) is 0.417. The van der Waals surface area contributed by atoms with Gasteiger partial charge in [0.2, 0.25) is 11.8 Å². The zero-order valence-corrected chi connectivity index (χ0v) is 18.8. The van der Waals surface area contributed by atoms with Crippen LogP contribution >= 0.6 is 54.5 Å². The standard InChI is InChI=1S/C16H16Br2N4O2S2/c1-9(11-3-5-13(17)25-11)19-21-15(23)7-8-16(24)22-20-10(2)12-4-6-14(18)26-12/h3-6H,7-8H2,1-2H3,(H,21,23)(H,22,24)/b19-9+,20-10+. The molecular formula is C16H16Br2N4O2S2. The Morgan fingerprint density at radius 3 is 1.54 bits per heavy atom. The number of halogens is 2. The van der Waals surface area contributed by atoms with Crippen molar-refractivity contribution >= 4 is 77.8 Å². The molecule has 2 aromatic heterocycles. The molecule has 2 heterocycles. The van der Waals surface area contributed by atoms with Gasteiger partial charge in [-0.2, -0.15) is 10.2 Å². The number of nitrogens with zero attached hydrogens (tertiary/aromatic N) is 2. The van der Waals surface area contributed by atoms with Gasteiger partial charge in [-0.25, -0.2) is 10.9 Å². The van der Waals surface area contributed by atoms with Crippen LogP contribution < -0.4 is 10.9 Å². The van der Waals surface area contributed by atoms with Crippen molar-refractivity contribution in [2.24, 2.45) is 10.2 Å². The Bertz CT molecular complexity index is 788. The number of hydrogen-bond donors (Lipinski definition) is 2. The van der Waals surface area contributed by atoms with Gasteiger partial charge in [-0.1, -0.05) is 0 Å². The summed E-state index contributed by atoms with van der Waals surface area (Å²) in [6, 6.07) is 7.67. The number of rotatable bonds is 7. The Morgan fingerprint density at radius 1 is 0.846 bits per heavy atom. The van der Waals surface area contributed by atoms with Gasteiger partial charge in [0.15, 0.2) is 0 Å². The lowest BCUT2D eigenvalue weighted by Gasteiger charge is -2.02. The van der Waals surface area contributed by atoms with Crippen LogP contribution in [-0.2, 0) is 9.59 Å². The Labute approximate surface area is 176 Å². The van der Waals surface area contributed by atoms with Crippen LogP contribution in [0, 0.1) is 0 Å². The minimum atomic E-state index is -0.321. The van der Waals surface area contributed by atoms with E-state index < -0.39 is 0 Å². The van der Waals surface area contributed by atoms with E-state index in [1.165, 1.54) is 22.7 Å². The Hall–Kier alpha value is -1.36. The summed E-state index contributed by atoms with van der Waals surface area (Å²) in [4.78, 5) is 25.5. The van der Waals surface area contributed by atoms with E-state index in [1.54, 1.807) is 0 Å². The first kappa shape index (κ1) is 20.9. The second-order valence-electron chi connectivity index (χ2n) is 5.17. The number of thiophene rings is 2. The molecule has 2 aromatic rings. The van der Waals surface area contributed by atoms with Gasteiger partial charge < -0.3 is 0 Å². The Balaban J connectivity index is 1.75. The number of amides is 2. The van der Waals surface area contributed by atoms with Crippen molar-refractivity contribution < 1.29 is 9.59 Å². The predicted molar refractivity (Wildman–Crippen MR) is 114 cm³/mol. The van der Waals surface area contributed by atoms with Gasteiger partial charge in [0.05, 0.1) is 28.8 Å². The minimum Gasteiger partial charge on any atom is -0.273 e. The monoisotopic (exact) mass is 518 g/mol. The summed E-state index contributed by atoms with van der Waals surface area (Å²) in [7, 11) is 0. The molecule has 26 heavy (non-hydrogen) atoms. The fraction of sp³-hybridized carbons (Fsp3) is 0.250. The van der Waals surface area contributed by atoms with Crippen LogP contribution in [-0.4, -0.2) is 23.2 Å². The van der Waals surface area contributed by atoms with Crippen molar-refractivity contribution in [2.45, 2.75) is 26.7 Å². The number of nitrogens with one attached hydrogen (secondary N) is 2. The summed E-state index contributed by atoms with van der Waals surface area (Å²) in [6.07, 6.45) is 0.0751. The van der Waals surface area contributed by atoms with Gasteiger partial charge in [0.1, 0.15) is 0 Å². The van der Waals surface area contributed by atoms with Crippen molar-refractivity contribution in [3.8, 4) is 0 Å². The van der Waals surface area contributed by atoms with Crippen LogP contribution in [0.2, 0.25) is 0 Å². The van der Waals surface area contributed by atoms with Crippen LogP contribution in [0.3, 0.4) is 0 Å². The molecule has 0 aliphatic rings. The maximum absolute atomic E-state index is 11.8. The molecule has 0 saturated carbocycles. The molecule has 0 bridgehead atoms. The molecule has 2 rings (SSSR count). The lowest BCUT2D eigenvalue weighted by atomic mass is 10.3. The molecule has 0 aromatic carbocycles. The summed E-state index contributed by atoms with van der Waals surface area (Å²) in [5.74, 6) is -0.643. The molecule has 138 valence electrons. The fourth-order valence-corrected chi connectivity index (χ4v) is 4.42. The molecule has 0 spiro atoms. The van der Waals surface area contributed by atoms with E-state index >= 15 is 0 Å². The molecule has 0 radical (unpaired) electrons. The van der Waals surface area contributed by atoms with E-state index in [1.807, 2.05) is 38.1 Å². The summed E-state index contributed by atoms with van der Waals surface area (Å²) in [6.45, 7) is 3.62. The van der Waals surface area contributed by atoms with Crippen molar-refractivity contribution in [3.63, 3.8) is 0 Å². The highest BCUT2D eigenvalue weighted by atomic mass is 79.9. The van der Waals surface area contributed by atoms with E-state index in [4.69, 9.17) is 0 Å².